The molecule has 2 aliphatic rings. The first-order valence-corrected chi connectivity index (χ1v) is 8.40. The zero-order valence-electron chi connectivity index (χ0n) is 13.2. The van der Waals surface area contributed by atoms with E-state index in [0.29, 0.717) is 23.0 Å². The number of hydrogen-bond acceptors (Lipinski definition) is 3. The normalized spacial score (nSPS) is 21.7. The Morgan fingerprint density at radius 3 is 2.74 bits per heavy atom. The maximum Gasteiger partial charge on any atom is 0.227 e. The van der Waals surface area contributed by atoms with Crippen molar-refractivity contribution >= 4 is 29.1 Å². The van der Waals surface area contributed by atoms with Crippen molar-refractivity contribution in [3.63, 3.8) is 0 Å². The van der Waals surface area contributed by atoms with E-state index in [4.69, 9.17) is 16.3 Å². The van der Waals surface area contributed by atoms with E-state index in [0.717, 1.165) is 12.8 Å². The highest BCUT2D eigenvalue weighted by atomic mass is 35.5. The van der Waals surface area contributed by atoms with E-state index in [9.17, 15) is 9.59 Å². The number of nitrogens with zero attached hydrogens (tertiary/aromatic N) is 1. The van der Waals surface area contributed by atoms with Crippen LogP contribution in [0, 0.1) is 5.92 Å². The second-order valence-corrected chi connectivity index (χ2v) is 6.62. The molecule has 1 atom stereocenters. The summed E-state index contributed by atoms with van der Waals surface area (Å²) in [4.78, 5) is 26.2. The Balaban J connectivity index is 1.67. The number of carbonyl (C=O) groups is 2. The molecule has 1 aliphatic heterocycles. The monoisotopic (exact) mass is 336 g/mol. The van der Waals surface area contributed by atoms with Gasteiger partial charge in [-0.05, 0) is 31.0 Å². The molecule has 2 amide bonds. The third-order valence-corrected chi connectivity index (χ3v) is 4.94. The summed E-state index contributed by atoms with van der Waals surface area (Å²) in [6.07, 6.45) is 4.69. The molecule has 124 valence electrons. The molecule has 1 heterocycles. The Bertz CT molecular complexity index is 614. The van der Waals surface area contributed by atoms with Gasteiger partial charge in [0.05, 0.1) is 18.1 Å². The number of hydrogen-bond donors (Lipinski definition) is 1. The van der Waals surface area contributed by atoms with Crippen LogP contribution in [0.3, 0.4) is 0 Å². The molecule has 0 radical (unpaired) electrons. The largest absolute Gasteiger partial charge is 0.495 e. The van der Waals surface area contributed by atoms with Crippen LogP contribution in [-0.4, -0.2) is 31.5 Å². The van der Waals surface area contributed by atoms with Crippen molar-refractivity contribution in [3.8, 4) is 5.75 Å². The molecule has 1 saturated heterocycles. The third-order valence-electron chi connectivity index (χ3n) is 4.64. The maximum absolute atomic E-state index is 12.4. The molecule has 1 N–H and O–H groups in total. The van der Waals surface area contributed by atoms with Crippen LogP contribution >= 0.6 is 11.6 Å². The van der Waals surface area contributed by atoms with Gasteiger partial charge in [-0.1, -0.05) is 24.4 Å². The SMILES string of the molecule is COc1ccc(N2C[C@H](C(=O)NC3CCCC3)CC2=O)cc1Cl. The smallest absolute Gasteiger partial charge is 0.227 e. The van der Waals surface area contributed by atoms with Gasteiger partial charge in [0, 0.05) is 24.7 Å². The minimum atomic E-state index is -0.288. The third kappa shape index (κ3) is 3.44. The summed E-state index contributed by atoms with van der Waals surface area (Å²) in [5.74, 6) is 0.228. The van der Waals surface area contributed by atoms with Crippen molar-refractivity contribution in [2.75, 3.05) is 18.6 Å². The zero-order chi connectivity index (χ0) is 16.4. The van der Waals surface area contributed by atoms with Crippen molar-refractivity contribution in [3.05, 3.63) is 23.2 Å². The summed E-state index contributed by atoms with van der Waals surface area (Å²) in [6.45, 7) is 0.403. The van der Waals surface area contributed by atoms with E-state index >= 15 is 0 Å². The molecular formula is C17H21ClN2O3. The van der Waals surface area contributed by atoms with Gasteiger partial charge in [0.1, 0.15) is 5.75 Å². The number of methoxy groups -OCH3 is 1. The van der Waals surface area contributed by atoms with Crippen molar-refractivity contribution in [1.29, 1.82) is 0 Å². The fourth-order valence-electron chi connectivity index (χ4n) is 3.35. The van der Waals surface area contributed by atoms with Crippen LogP contribution in [0.4, 0.5) is 5.69 Å². The first-order chi connectivity index (χ1) is 11.1. The van der Waals surface area contributed by atoms with E-state index in [1.165, 1.54) is 12.8 Å². The Morgan fingerprint density at radius 1 is 1.35 bits per heavy atom. The fraction of sp³-hybridized carbons (Fsp3) is 0.529. The van der Waals surface area contributed by atoms with Crippen LogP contribution in [0.2, 0.25) is 5.02 Å². The van der Waals surface area contributed by atoms with E-state index in [1.807, 2.05) is 0 Å². The minimum Gasteiger partial charge on any atom is -0.495 e. The Kier molecular flexibility index (Phi) is 4.76. The van der Waals surface area contributed by atoms with Crippen LogP contribution in [0.25, 0.3) is 0 Å². The van der Waals surface area contributed by atoms with E-state index in [-0.39, 0.29) is 30.2 Å². The number of benzene rings is 1. The van der Waals surface area contributed by atoms with Crippen LogP contribution in [0.5, 0.6) is 5.75 Å². The number of halogens is 1. The van der Waals surface area contributed by atoms with Crippen LogP contribution in [0.1, 0.15) is 32.1 Å². The van der Waals surface area contributed by atoms with Gasteiger partial charge in [0.2, 0.25) is 11.8 Å². The number of rotatable bonds is 4. The average molecular weight is 337 g/mol. The quantitative estimate of drug-likeness (QED) is 0.919. The van der Waals surface area contributed by atoms with E-state index < -0.39 is 0 Å². The van der Waals surface area contributed by atoms with Crippen LogP contribution in [-0.2, 0) is 9.59 Å². The standard InChI is InChI=1S/C17H21ClN2O3/c1-23-15-7-6-13(9-14(15)18)20-10-11(8-16(20)21)17(22)19-12-4-2-3-5-12/h6-7,9,11-12H,2-5,8,10H2,1H3,(H,19,22)/t11-/m1/s1. The van der Waals surface area contributed by atoms with Gasteiger partial charge in [-0.15, -0.1) is 0 Å². The minimum absolute atomic E-state index is 0.00708. The molecule has 1 aliphatic carbocycles. The lowest BCUT2D eigenvalue weighted by atomic mass is 10.1. The number of anilines is 1. The van der Waals surface area contributed by atoms with Gasteiger partial charge in [-0.3, -0.25) is 9.59 Å². The molecule has 23 heavy (non-hydrogen) atoms. The molecule has 0 bridgehead atoms. The van der Waals surface area contributed by atoms with E-state index in [1.54, 1.807) is 30.2 Å². The number of carbonyl (C=O) groups excluding carboxylic acids is 2. The number of amides is 2. The van der Waals surface area contributed by atoms with Gasteiger partial charge < -0.3 is 15.0 Å². The van der Waals surface area contributed by atoms with Crippen molar-refractivity contribution in [2.45, 2.75) is 38.1 Å². The van der Waals surface area contributed by atoms with E-state index in [2.05, 4.69) is 5.32 Å². The molecule has 5 nitrogen and oxygen atoms in total. The van der Waals surface area contributed by atoms with Gasteiger partial charge in [-0.25, -0.2) is 0 Å². The summed E-state index contributed by atoms with van der Waals surface area (Å²) in [6, 6.07) is 5.51. The highest BCUT2D eigenvalue weighted by molar-refractivity contribution is 6.32. The molecule has 0 aromatic heterocycles. The van der Waals surface area contributed by atoms with Gasteiger partial charge in [-0.2, -0.15) is 0 Å². The molecular weight excluding hydrogens is 316 g/mol. The summed E-state index contributed by atoms with van der Waals surface area (Å²) < 4.78 is 5.12. The fourth-order valence-corrected chi connectivity index (χ4v) is 3.60. The van der Waals surface area contributed by atoms with Crippen molar-refractivity contribution in [2.24, 2.45) is 5.92 Å². The number of nitrogens with one attached hydrogen (secondary N) is 1. The summed E-state index contributed by atoms with van der Waals surface area (Å²) in [5, 5.41) is 3.53. The molecule has 3 rings (SSSR count). The first-order valence-electron chi connectivity index (χ1n) is 8.02. The highest BCUT2D eigenvalue weighted by Gasteiger charge is 2.36. The summed E-state index contributed by atoms with van der Waals surface area (Å²) in [5.41, 5.74) is 0.706. The van der Waals surface area contributed by atoms with Crippen molar-refractivity contribution in [1.82, 2.24) is 5.32 Å². The lowest BCUT2D eigenvalue weighted by Gasteiger charge is -2.19. The Morgan fingerprint density at radius 2 is 2.09 bits per heavy atom. The van der Waals surface area contributed by atoms with Gasteiger partial charge in [0.15, 0.2) is 0 Å². The maximum atomic E-state index is 12.4. The zero-order valence-corrected chi connectivity index (χ0v) is 13.9. The molecule has 0 spiro atoms. The topological polar surface area (TPSA) is 58.6 Å². The Labute approximate surface area is 140 Å². The Hall–Kier alpha value is -1.75. The predicted octanol–water partition coefficient (Wildman–Crippen LogP) is 2.76. The molecule has 2 fully saturated rings. The van der Waals surface area contributed by atoms with Gasteiger partial charge >= 0.3 is 0 Å². The lowest BCUT2D eigenvalue weighted by molar-refractivity contribution is -0.126. The molecule has 0 unspecified atom stereocenters. The molecule has 1 saturated carbocycles. The molecule has 1 aromatic carbocycles. The van der Waals surface area contributed by atoms with Crippen molar-refractivity contribution < 1.29 is 14.3 Å². The van der Waals surface area contributed by atoms with Gasteiger partial charge in [0.25, 0.3) is 0 Å². The predicted molar refractivity (Wildman–Crippen MR) is 88.9 cm³/mol. The highest BCUT2D eigenvalue weighted by Crippen LogP contribution is 2.32. The second kappa shape index (κ2) is 6.79. The second-order valence-electron chi connectivity index (χ2n) is 6.21. The van der Waals surface area contributed by atoms with Crippen LogP contribution in [0.15, 0.2) is 18.2 Å². The number of ether oxygens (including phenoxy) is 1. The summed E-state index contributed by atoms with van der Waals surface area (Å²) in [7, 11) is 1.55. The van der Waals surface area contributed by atoms with Crippen LogP contribution < -0.4 is 15.0 Å². The molecule has 6 heteroatoms. The average Bonchev–Trinajstić information content (AvgIpc) is 3.16. The summed E-state index contributed by atoms with van der Waals surface area (Å²) >= 11 is 6.13. The first kappa shape index (κ1) is 16.1. The molecule has 1 aromatic rings. The lowest BCUT2D eigenvalue weighted by Crippen LogP contribution is -2.38.